The molecule has 4 nitrogen and oxygen atoms in total. The van der Waals surface area contributed by atoms with E-state index in [1.165, 1.54) is 32.4 Å². The standard InChI is InChI=1S/C12H18N4/c1-15-5-2-11(3-6-15)4-7-16-10-12(8-13)9-14-16/h9-11H,2-7H2,1H3. The molecule has 0 unspecified atom stereocenters. The third kappa shape index (κ3) is 2.83. The summed E-state index contributed by atoms with van der Waals surface area (Å²) in [6.45, 7) is 3.37. The van der Waals surface area contributed by atoms with Gasteiger partial charge in [0.2, 0.25) is 0 Å². The van der Waals surface area contributed by atoms with E-state index < -0.39 is 0 Å². The molecule has 0 aromatic carbocycles. The second kappa shape index (κ2) is 5.13. The number of piperidine rings is 1. The van der Waals surface area contributed by atoms with Crippen LogP contribution in [-0.4, -0.2) is 34.8 Å². The number of aromatic nitrogens is 2. The van der Waals surface area contributed by atoms with Gasteiger partial charge in [0.15, 0.2) is 0 Å². The van der Waals surface area contributed by atoms with Crippen LogP contribution >= 0.6 is 0 Å². The molecule has 4 heteroatoms. The molecule has 86 valence electrons. The zero-order valence-corrected chi connectivity index (χ0v) is 9.76. The summed E-state index contributed by atoms with van der Waals surface area (Å²) < 4.78 is 1.89. The molecule has 0 spiro atoms. The Morgan fingerprint density at radius 2 is 2.25 bits per heavy atom. The van der Waals surface area contributed by atoms with Crippen LogP contribution < -0.4 is 0 Å². The number of aryl methyl sites for hydroxylation is 1. The number of nitriles is 1. The molecule has 0 N–H and O–H groups in total. The molecule has 0 atom stereocenters. The summed E-state index contributed by atoms with van der Waals surface area (Å²) in [5.74, 6) is 0.825. The molecule has 0 saturated carbocycles. The number of likely N-dealkylation sites (tertiary alicyclic amines) is 1. The Bertz CT molecular complexity index is 369. The van der Waals surface area contributed by atoms with E-state index >= 15 is 0 Å². The summed E-state index contributed by atoms with van der Waals surface area (Å²) in [6, 6.07) is 2.10. The quantitative estimate of drug-likeness (QED) is 0.772. The van der Waals surface area contributed by atoms with Crippen molar-refractivity contribution in [1.82, 2.24) is 14.7 Å². The van der Waals surface area contributed by atoms with Crippen LogP contribution in [0.3, 0.4) is 0 Å². The molecule has 1 saturated heterocycles. The molecule has 1 aromatic rings. The van der Waals surface area contributed by atoms with E-state index in [0.29, 0.717) is 5.56 Å². The molecule has 0 bridgehead atoms. The van der Waals surface area contributed by atoms with Gasteiger partial charge in [0.05, 0.1) is 11.8 Å². The maximum Gasteiger partial charge on any atom is 0.102 e. The first kappa shape index (κ1) is 11.2. The van der Waals surface area contributed by atoms with Gasteiger partial charge in [-0.1, -0.05) is 0 Å². The van der Waals surface area contributed by atoms with Gasteiger partial charge in [-0.25, -0.2) is 0 Å². The fraction of sp³-hybridized carbons (Fsp3) is 0.667. The Kier molecular flexibility index (Phi) is 3.58. The van der Waals surface area contributed by atoms with Crippen molar-refractivity contribution in [3.63, 3.8) is 0 Å². The van der Waals surface area contributed by atoms with Crippen molar-refractivity contribution in [2.45, 2.75) is 25.8 Å². The molecule has 0 amide bonds. The smallest absolute Gasteiger partial charge is 0.102 e. The van der Waals surface area contributed by atoms with E-state index in [9.17, 15) is 0 Å². The molecule has 2 heterocycles. The van der Waals surface area contributed by atoms with Gasteiger partial charge >= 0.3 is 0 Å². The van der Waals surface area contributed by atoms with E-state index in [1.807, 2.05) is 10.9 Å². The number of hydrogen-bond acceptors (Lipinski definition) is 3. The molecule has 1 aliphatic heterocycles. The summed E-state index contributed by atoms with van der Waals surface area (Å²) in [6.07, 6.45) is 7.23. The monoisotopic (exact) mass is 218 g/mol. The highest BCUT2D eigenvalue weighted by atomic mass is 15.3. The Balaban J connectivity index is 1.77. The number of nitrogens with zero attached hydrogens (tertiary/aromatic N) is 4. The van der Waals surface area contributed by atoms with Crippen LogP contribution in [0.1, 0.15) is 24.8 Å². The minimum absolute atomic E-state index is 0.656. The van der Waals surface area contributed by atoms with Crippen molar-refractivity contribution >= 4 is 0 Å². The lowest BCUT2D eigenvalue weighted by atomic mass is 9.94. The normalized spacial score (nSPS) is 18.5. The Morgan fingerprint density at radius 1 is 1.50 bits per heavy atom. The van der Waals surface area contributed by atoms with E-state index in [0.717, 1.165) is 12.5 Å². The molecule has 1 aromatic heterocycles. The van der Waals surface area contributed by atoms with E-state index in [1.54, 1.807) is 6.20 Å². The maximum absolute atomic E-state index is 8.69. The highest BCUT2D eigenvalue weighted by Crippen LogP contribution is 2.19. The third-order valence-corrected chi connectivity index (χ3v) is 3.37. The van der Waals surface area contributed by atoms with Crippen molar-refractivity contribution in [2.24, 2.45) is 5.92 Å². The van der Waals surface area contributed by atoms with Crippen molar-refractivity contribution in [3.05, 3.63) is 18.0 Å². The minimum atomic E-state index is 0.656. The zero-order chi connectivity index (χ0) is 11.4. The average Bonchev–Trinajstić information content (AvgIpc) is 2.76. The fourth-order valence-electron chi connectivity index (χ4n) is 2.21. The van der Waals surface area contributed by atoms with Crippen molar-refractivity contribution in [2.75, 3.05) is 20.1 Å². The van der Waals surface area contributed by atoms with E-state index in [-0.39, 0.29) is 0 Å². The first-order valence-corrected chi connectivity index (χ1v) is 5.89. The van der Waals surface area contributed by atoms with Crippen LogP contribution in [0.5, 0.6) is 0 Å². The lowest BCUT2D eigenvalue weighted by Gasteiger charge is -2.28. The van der Waals surface area contributed by atoms with Gasteiger partial charge in [-0.05, 0) is 45.3 Å². The summed E-state index contributed by atoms with van der Waals surface area (Å²) in [7, 11) is 2.18. The van der Waals surface area contributed by atoms with E-state index in [4.69, 9.17) is 5.26 Å². The average molecular weight is 218 g/mol. The van der Waals surface area contributed by atoms with Gasteiger partial charge in [0.25, 0.3) is 0 Å². The molecule has 1 fully saturated rings. The largest absolute Gasteiger partial charge is 0.306 e. The minimum Gasteiger partial charge on any atom is -0.306 e. The van der Waals surface area contributed by atoms with Crippen LogP contribution in [0.15, 0.2) is 12.4 Å². The summed E-state index contributed by atoms with van der Waals surface area (Å²) in [5, 5.41) is 12.9. The lowest BCUT2D eigenvalue weighted by Crippen LogP contribution is -2.30. The van der Waals surface area contributed by atoms with Gasteiger partial charge in [-0.2, -0.15) is 10.4 Å². The van der Waals surface area contributed by atoms with Crippen LogP contribution in [-0.2, 0) is 6.54 Å². The second-order valence-corrected chi connectivity index (χ2v) is 4.64. The molecule has 0 radical (unpaired) electrons. The predicted octanol–water partition coefficient (Wildman–Crippen LogP) is 1.49. The van der Waals surface area contributed by atoms with Gasteiger partial charge in [-0.3, -0.25) is 4.68 Å². The number of hydrogen-bond donors (Lipinski definition) is 0. The SMILES string of the molecule is CN1CCC(CCn2cc(C#N)cn2)CC1. The summed E-state index contributed by atoms with van der Waals surface area (Å²) in [5.41, 5.74) is 0.656. The van der Waals surface area contributed by atoms with Crippen molar-refractivity contribution < 1.29 is 0 Å². The highest BCUT2D eigenvalue weighted by Gasteiger charge is 2.16. The Hall–Kier alpha value is -1.34. The second-order valence-electron chi connectivity index (χ2n) is 4.64. The first-order valence-electron chi connectivity index (χ1n) is 5.89. The van der Waals surface area contributed by atoms with Crippen LogP contribution in [0.25, 0.3) is 0 Å². The van der Waals surface area contributed by atoms with Gasteiger partial charge in [0, 0.05) is 12.7 Å². The molecular weight excluding hydrogens is 200 g/mol. The summed E-state index contributed by atoms with van der Waals surface area (Å²) in [4.78, 5) is 2.39. The number of rotatable bonds is 3. The first-order chi connectivity index (χ1) is 7.78. The Morgan fingerprint density at radius 3 is 2.88 bits per heavy atom. The van der Waals surface area contributed by atoms with Gasteiger partial charge < -0.3 is 4.90 Å². The van der Waals surface area contributed by atoms with Crippen LogP contribution in [0.4, 0.5) is 0 Å². The van der Waals surface area contributed by atoms with Gasteiger partial charge in [0.1, 0.15) is 6.07 Å². The van der Waals surface area contributed by atoms with Crippen LogP contribution in [0, 0.1) is 17.2 Å². The molecule has 16 heavy (non-hydrogen) atoms. The molecular formula is C12H18N4. The zero-order valence-electron chi connectivity index (χ0n) is 9.76. The fourth-order valence-corrected chi connectivity index (χ4v) is 2.21. The van der Waals surface area contributed by atoms with Crippen molar-refractivity contribution in [1.29, 1.82) is 5.26 Å². The highest BCUT2D eigenvalue weighted by molar-refractivity contribution is 5.21. The van der Waals surface area contributed by atoms with Gasteiger partial charge in [-0.15, -0.1) is 0 Å². The third-order valence-electron chi connectivity index (χ3n) is 3.37. The van der Waals surface area contributed by atoms with Crippen LogP contribution in [0.2, 0.25) is 0 Å². The summed E-state index contributed by atoms with van der Waals surface area (Å²) >= 11 is 0. The molecule has 0 aliphatic carbocycles. The molecule has 2 rings (SSSR count). The molecule has 1 aliphatic rings. The van der Waals surface area contributed by atoms with Crippen molar-refractivity contribution in [3.8, 4) is 6.07 Å². The maximum atomic E-state index is 8.69. The van der Waals surface area contributed by atoms with E-state index in [2.05, 4.69) is 23.1 Å². The topological polar surface area (TPSA) is 44.9 Å². The Labute approximate surface area is 96.5 Å². The predicted molar refractivity (Wildman–Crippen MR) is 61.8 cm³/mol. The lowest BCUT2D eigenvalue weighted by molar-refractivity contribution is 0.206.